The second-order valence-electron chi connectivity index (χ2n) is 4.19. The molecule has 94 valence electrons. The van der Waals surface area contributed by atoms with Crippen LogP contribution in [0.3, 0.4) is 0 Å². The minimum Gasteiger partial charge on any atom is -0.313 e. The minimum absolute atomic E-state index is 0.215. The van der Waals surface area contributed by atoms with Gasteiger partial charge in [-0.1, -0.05) is 6.08 Å². The van der Waals surface area contributed by atoms with Crippen molar-refractivity contribution in [2.24, 2.45) is 0 Å². The monoisotopic (exact) mass is 250 g/mol. The van der Waals surface area contributed by atoms with Gasteiger partial charge in [-0.15, -0.1) is 0 Å². The maximum atomic E-state index is 12.5. The molecule has 4 nitrogen and oxygen atoms in total. The smallest absolute Gasteiger partial charge is 0.281 e. The Labute approximate surface area is 102 Å². The molecule has 18 heavy (non-hydrogen) atoms. The van der Waals surface area contributed by atoms with Crippen LogP contribution in [-0.4, -0.2) is 27.5 Å². The van der Waals surface area contributed by atoms with Crippen molar-refractivity contribution >= 4 is 11.2 Å². The Morgan fingerprint density at radius 2 is 2.22 bits per heavy atom. The summed E-state index contributed by atoms with van der Waals surface area (Å²) < 4.78 is 26.7. The number of imidazole rings is 1. The van der Waals surface area contributed by atoms with E-state index in [2.05, 4.69) is 21.4 Å². The highest BCUT2D eigenvalue weighted by Gasteiger charge is 2.13. The van der Waals surface area contributed by atoms with Gasteiger partial charge in [-0.2, -0.15) is 0 Å². The second kappa shape index (κ2) is 4.45. The third-order valence-corrected chi connectivity index (χ3v) is 2.98. The fourth-order valence-electron chi connectivity index (χ4n) is 2.04. The minimum atomic E-state index is -2.55. The Bertz CT molecular complexity index is 603. The molecule has 2 aromatic rings. The summed E-state index contributed by atoms with van der Waals surface area (Å²) in [6.07, 6.45) is 5.06. The Morgan fingerprint density at radius 3 is 2.94 bits per heavy atom. The highest BCUT2D eigenvalue weighted by Crippen LogP contribution is 2.21. The van der Waals surface area contributed by atoms with E-state index in [0.717, 1.165) is 30.8 Å². The van der Waals surface area contributed by atoms with Crippen LogP contribution in [-0.2, 0) is 0 Å². The Morgan fingerprint density at radius 1 is 1.33 bits per heavy atom. The number of hydrogen-bond acceptors (Lipinski definition) is 3. The first kappa shape index (κ1) is 11.3. The molecule has 1 N–H and O–H groups in total. The maximum Gasteiger partial charge on any atom is 0.281 e. The van der Waals surface area contributed by atoms with Crippen molar-refractivity contribution in [3.05, 3.63) is 36.1 Å². The molecule has 0 bridgehead atoms. The predicted octanol–water partition coefficient (Wildman–Crippen LogP) is 2.04. The average molecular weight is 250 g/mol. The molecular weight excluding hydrogens is 238 g/mol. The molecule has 1 aliphatic heterocycles. The fourth-order valence-corrected chi connectivity index (χ4v) is 2.04. The molecule has 3 heterocycles. The molecular formula is C12H12F2N4. The Balaban J connectivity index is 2.02. The van der Waals surface area contributed by atoms with Gasteiger partial charge in [0, 0.05) is 18.9 Å². The van der Waals surface area contributed by atoms with E-state index in [1.807, 2.05) is 0 Å². The predicted molar refractivity (Wildman–Crippen MR) is 63.4 cm³/mol. The van der Waals surface area contributed by atoms with Gasteiger partial charge in [-0.05, 0) is 18.5 Å². The van der Waals surface area contributed by atoms with Gasteiger partial charge in [0.15, 0.2) is 5.65 Å². The summed E-state index contributed by atoms with van der Waals surface area (Å²) in [5, 5.41) is 3.22. The molecule has 0 saturated carbocycles. The lowest BCUT2D eigenvalue weighted by atomic mass is 10.1. The second-order valence-corrected chi connectivity index (χ2v) is 4.19. The van der Waals surface area contributed by atoms with Crippen LogP contribution in [0.4, 0.5) is 8.78 Å². The van der Waals surface area contributed by atoms with Crippen LogP contribution >= 0.6 is 0 Å². The molecule has 0 radical (unpaired) electrons. The van der Waals surface area contributed by atoms with Crippen LogP contribution in [0.25, 0.3) is 11.2 Å². The van der Waals surface area contributed by atoms with Gasteiger partial charge < -0.3 is 9.72 Å². The molecule has 0 amide bonds. The van der Waals surface area contributed by atoms with E-state index in [0.29, 0.717) is 5.65 Å². The van der Waals surface area contributed by atoms with E-state index >= 15 is 0 Å². The molecule has 3 rings (SSSR count). The summed E-state index contributed by atoms with van der Waals surface area (Å²) >= 11 is 0. The molecule has 0 unspecified atom stereocenters. The number of halogens is 2. The number of nitrogens with zero attached hydrogens (tertiary/aromatic N) is 3. The Kier molecular flexibility index (Phi) is 2.79. The number of rotatable bonds is 2. The summed E-state index contributed by atoms with van der Waals surface area (Å²) in [5.74, 6) is 0. The quantitative estimate of drug-likeness (QED) is 0.887. The van der Waals surface area contributed by atoms with Crippen LogP contribution in [0.1, 0.15) is 24.2 Å². The molecule has 0 atom stereocenters. The van der Waals surface area contributed by atoms with Gasteiger partial charge in [0.2, 0.25) is 0 Å². The summed E-state index contributed by atoms with van der Waals surface area (Å²) in [6, 6.07) is 0. The van der Waals surface area contributed by atoms with Crippen molar-refractivity contribution in [1.82, 2.24) is 19.7 Å². The third kappa shape index (κ3) is 1.99. The molecule has 0 spiro atoms. The zero-order valence-electron chi connectivity index (χ0n) is 9.61. The van der Waals surface area contributed by atoms with Crippen LogP contribution in [0.5, 0.6) is 0 Å². The maximum absolute atomic E-state index is 12.5. The zero-order valence-corrected chi connectivity index (χ0v) is 9.61. The molecule has 0 fully saturated rings. The molecule has 6 heteroatoms. The highest BCUT2D eigenvalue weighted by molar-refractivity contribution is 5.63. The van der Waals surface area contributed by atoms with Crippen LogP contribution in [0.2, 0.25) is 0 Å². The van der Waals surface area contributed by atoms with E-state index in [-0.39, 0.29) is 5.69 Å². The first-order valence-electron chi connectivity index (χ1n) is 5.77. The third-order valence-electron chi connectivity index (χ3n) is 2.98. The van der Waals surface area contributed by atoms with Gasteiger partial charge in [0.25, 0.3) is 6.43 Å². The van der Waals surface area contributed by atoms with Crippen LogP contribution in [0, 0.1) is 0 Å². The lowest BCUT2D eigenvalue weighted by Crippen LogP contribution is -2.20. The van der Waals surface area contributed by atoms with Gasteiger partial charge in [0.05, 0.1) is 11.9 Å². The zero-order chi connectivity index (χ0) is 12.5. The average Bonchev–Trinajstić information content (AvgIpc) is 2.82. The van der Waals surface area contributed by atoms with Gasteiger partial charge >= 0.3 is 0 Å². The molecule has 0 aliphatic carbocycles. The van der Waals surface area contributed by atoms with Crippen LogP contribution < -0.4 is 5.32 Å². The van der Waals surface area contributed by atoms with Crippen molar-refractivity contribution in [1.29, 1.82) is 0 Å². The lowest BCUT2D eigenvalue weighted by Gasteiger charge is -2.13. The normalized spacial score (nSPS) is 16.3. The molecule has 0 aromatic carbocycles. The lowest BCUT2D eigenvalue weighted by molar-refractivity contribution is 0.147. The summed E-state index contributed by atoms with van der Waals surface area (Å²) in [4.78, 5) is 8.10. The number of nitrogens with one attached hydrogen (secondary N) is 1. The summed E-state index contributed by atoms with van der Waals surface area (Å²) in [6.45, 7) is 1.74. The largest absolute Gasteiger partial charge is 0.313 e. The number of hydrogen-bond donors (Lipinski definition) is 1. The van der Waals surface area contributed by atoms with Crippen molar-refractivity contribution in [2.75, 3.05) is 13.1 Å². The van der Waals surface area contributed by atoms with Crippen molar-refractivity contribution in [2.45, 2.75) is 12.8 Å². The fraction of sp³-hybridized carbons (Fsp3) is 0.333. The van der Waals surface area contributed by atoms with Gasteiger partial charge in [-0.3, -0.25) is 4.98 Å². The van der Waals surface area contributed by atoms with E-state index in [1.165, 1.54) is 12.4 Å². The van der Waals surface area contributed by atoms with E-state index in [1.54, 1.807) is 10.6 Å². The highest BCUT2D eigenvalue weighted by atomic mass is 19.3. The summed E-state index contributed by atoms with van der Waals surface area (Å²) in [7, 11) is 0. The SMILES string of the molecule is FC(F)c1cn2cc(C3=CCNCC3)ncc2n1. The van der Waals surface area contributed by atoms with E-state index < -0.39 is 6.43 Å². The van der Waals surface area contributed by atoms with Crippen molar-refractivity contribution in [3.8, 4) is 0 Å². The van der Waals surface area contributed by atoms with Gasteiger partial charge in [0.1, 0.15) is 5.69 Å². The summed E-state index contributed by atoms with van der Waals surface area (Å²) in [5.41, 5.74) is 2.20. The first-order chi connectivity index (χ1) is 8.74. The number of aromatic nitrogens is 3. The van der Waals surface area contributed by atoms with Crippen molar-refractivity contribution in [3.63, 3.8) is 0 Å². The van der Waals surface area contributed by atoms with E-state index in [4.69, 9.17) is 0 Å². The standard InChI is InChI=1S/C12H12F2N4/c13-12(14)10-7-18-6-9(16-5-11(18)17-10)8-1-3-15-4-2-8/h1,5-7,12,15H,2-4H2. The molecule has 1 aliphatic rings. The Hall–Kier alpha value is -1.82. The van der Waals surface area contributed by atoms with Crippen molar-refractivity contribution < 1.29 is 8.78 Å². The van der Waals surface area contributed by atoms with E-state index in [9.17, 15) is 8.78 Å². The topological polar surface area (TPSA) is 42.2 Å². The van der Waals surface area contributed by atoms with Crippen LogP contribution in [0.15, 0.2) is 24.7 Å². The molecule has 0 saturated heterocycles. The number of alkyl halides is 2. The number of fused-ring (bicyclic) bond motifs is 1. The molecule has 2 aromatic heterocycles. The first-order valence-corrected chi connectivity index (χ1v) is 5.77. The van der Waals surface area contributed by atoms with Gasteiger partial charge in [-0.25, -0.2) is 13.8 Å².